The van der Waals surface area contributed by atoms with Crippen LogP contribution < -0.4 is 4.74 Å². The number of benzene rings is 2. The van der Waals surface area contributed by atoms with Gasteiger partial charge in [-0.2, -0.15) is 5.26 Å². The molecule has 0 spiro atoms. The van der Waals surface area contributed by atoms with Crippen LogP contribution in [0.4, 0.5) is 8.78 Å². The van der Waals surface area contributed by atoms with E-state index in [4.69, 9.17) is 10.00 Å². The monoisotopic (exact) mass is 390 g/mol. The molecule has 0 N–H and O–H groups in total. The number of nitrogens with zero attached hydrogens (tertiary/aromatic N) is 2. The molecule has 27 heavy (non-hydrogen) atoms. The first-order valence-electron chi connectivity index (χ1n) is 8.63. The Hall–Kier alpha value is -2.30. The zero-order valence-electron chi connectivity index (χ0n) is 15.2. The molecule has 4 nitrogen and oxygen atoms in total. The van der Waals surface area contributed by atoms with Crippen molar-refractivity contribution in [3.05, 3.63) is 59.2 Å². The summed E-state index contributed by atoms with van der Waals surface area (Å²) in [5, 5.41) is 8.75. The number of hydrogen-bond donors (Lipinski definition) is 0. The van der Waals surface area contributed by atoms with Crippen molar-refractivity contribution in [3.63, 3.8) is 0 Å². The molecule has 0 aromatic heterocycles. The Morgan fingerprint density at radius 2 is 1.96 bits per heavy atom. The van der Waals surface area contributed by atoms with Crippen molar-refractivity contribution < 1.29 is 17.7 Å². The average molecular weight is 390 g/mol. The smallest absolute Gasteiger partial charge is 0.144 e. The van der Waals surface area contributed by atoms with Crippen molar-refractivity contribution in [1.29, 1.82) is 5.26 Å². The highest BCUT2D eigenvalue weighted by Gasteiger charge is 2.43. The van der Waals surface area contributed by atoms with Gasteiger partial charge in [0.15, 0.2) is 0 Å². The van der Waals surface area contributed by atoms with E-state index < -0.39 is 22.6 Å². The summed E-state index contributed by atoms with van der Waals surface area (Å²) >= 11 is 0. The highest BCUT2D eigenvalue weighted by molar-refractivity contribution is 7.82. The van der Waals surface area contributed by atoms with Gasteiger partial charge in [-0.3, -0.25) is 0 Å². The van der Waals surface area contributed by atoms with E-state index in [0.717, 1.165) is 12.0 Å². The van der Waals surface area contributed by atoms with Gasteiger partial charge in [-0.15, -0.1) is 0 Å². The van der Waals surface area contributed by atoms with E-state index in [1.54, 1.807) is 28.6 Å². The number of nitriles is 1. The van der Waals surface area contributed by atoms with Crippen LogP contribution >= 0.6 is 0 Å². The molecule has 7 heteroatoms. The summed E-state index contributed by atoms with van der Waals surface area (Å²) in [6.07, 6.45) is 0.721. The van der Waals surface area contributed by atoms with Gasteiger partial charge in [0.05, 0.1) is 17.1 Å². The zero-order valence-corrected chi connectivity index (χ0v) is 16.0. The number of ether oxygens (including phenoxy) is 1. The Morgan fingerprint density at radius 3 is 2.56 bits per heavy atom. The third kappa shape index (κ3) is 4.18. The molecule has 3 rings (SSSR count). The minimum Gasteiger partial charge on any atom is -0.493 e. The molecular formula is C20H20F2N2O2S. The SMILES string of the molecule is CCc1ccc(S(=O)N2CC(C)(COc3ccc(C#N)c(F)c3)C2)c(F)c1. The highest BCUT2D eigenvalue weighted by Crippen LogP contribution is 2.34. The van der Waals surface area contributed by atoms with Crippen LogP contribution in [0.5, 0.6) is 5.75 Å². The predicted octanol–water partition coefficient (Wildman–Crippen LogP) is 3.82. The molecule has 1 aliphatic heterocycles. The summed E-state index contributed by atoms with van der Waals surface area (Å²) in [6.45, 7) is 5.17. The first kappa shape index (κ1) is 19.5. The van der Waals surface area contributed by atoms with Gasteiger partial charge in [0.25, 0.3) is 0 Å². The second-order valence-corrected chi connectivity index (χ2v) is 8.47. The summed E-state index contributed by atoms with van der Waals surface area (Å²) < 4.78 is 47.7. The van der Waals surface area contributed by atoms with Gasteiger partial charge < -0.3 is 4.74 Å². The molecular weight excluding hydrogens is 370 g/mol. The van der Waals surface area contributed by atoms with Crippen molar-refractivity contribution in [3.8, 4) is 11.8 Å². The van der Waals surface area contributed by atoms with Crippen molar-refractivity contribution in [2.24, 2.45) is 5.41 Å². The lowest BCUT2D eigenvalue weighted by Crippen LogP contribution is -2.57. The molecule has 0 aliphatic carbocycles. The van der Waals surface area contributed by atoms with Crippen LogP contribution in [0.2, 0.25) is 0 Å². The Balaban J connectivity index is 1.58. The molecule has 1 aliphatic rings. The van der Waals surface area contributed by atoms with Crippen molar-refractivity contribution in [1.82, 2.24) is 4.31 Å². The van der Waals surface area contributed by atoms with Crippen molar-refractivity contribution in [2.75, 3.05) is 19.7 Å². The average Bonchev–Trinajstić information content (AvgIpc) is 2.63. The molecule has 1 atom stereocenters. The summed E-state index contributed by atoms with van der Waals surface area (Å²) in [7, 11) is -1.56. The van der Waals surface area contributed by atoms with Gasteiger partial charge in [-0.05, 0) is 36.2 Å². The fourth-order valence-electron chi connectivity index (χ4n) is 2.99. The zero-order chi connectivity index (χ0) is 19.6. The van der Waals surface area contributed by atoms with E-state index in [1.807, 2.05) is 13.8 Å². The lowest BCUT2D eigenvalue weighted by molar-refractivity contribution is 0.0392. The minimum absolute atomic E-state index is 0.0325. The summed E-state index contributed by atoms with van der Waals surface area (Å²) in [5.74, 6) is -0.735. The van der Waals surface area contributed by atoms with E-state index in [1.165, 1.54) is 18.2 Å². The van der Waals surface area contributed by atoms with Gasteiger partial charge in [-0.1, -0.05) is 19.9 Å². The Morgan fingerprint density at radius 1 is 1.22 bits per heavy atom. The molecule has 0 radical (unpaired) electrons. The summed E-state index contributed by atoms with van der Waals surface area (Å²) in [6, 6.07) is 10.7. The van der Waals surface area contributed by atoms with Crippen molar-refractivity contribution in [2.45, 2.75) is 25.2 Å². The topological polar surface area (TPSA) is 53.3 Å². The Bertz CT molecular complexity index is 921. The van der Waals surface area contributed by atoms with Crippen LogP contribution in [0.3, 0.4) is 0 Å². The van der Waals surface area contributed by atoms with Gasteiger partial charge in [0.1, 0.15) is 34.4 Å². The molecule has 1 fully saturated rings. The van der Waals surface area contributed by atoms with Gasteiger partial charge >= 0.3 is 0 Å². The third-order valence-corrected chi connectivity index (χ3v) is 6.03. The third-order valence-electron chi connectivity index (χ3n) is 4.59. The van der Waals surface area contributed by atoms with E-state index in [0.29, 0.717) is 25.4 Å². The first-order chi connectivity index (χ1) is 12.8. The minimum atomic E-state index is -1.56. The normalized spacial score (nSPS) is 17.0. The van der Waals surface area contributed by atoms with Crippen LogP contribution in [0.15, 0.2) is 41.3 Å². The molecule has 142 valence electrons. The fraction of sp³-hybridized carbons (Fsp3) is 0.350. The van der Waals surface area contributed by atoms with Gasteiger partial charge in [0, 0.05) is 24.6 Å². The maximum atomic E-state index is 14.2. The molecule has 1 heterocycles. The molecule has 0 saturated carbocycles. The summed E-state index contributed by atoms with van der Waals surface area (Å²) in [5.41, 5.74) is 0.569. The molecule has 1 saturated heterocycles. The number of halogens is 2. The quantitative estimate of drug-likeness (QED) is 0.753. The number of aryl methyl sites for hydroxylation is 1. The predicted molar refractivity (Wildman–Crippen MR) is 98.5 cm³/mol. The van der Waals surface area contributed by atoms with Crippen LogP contribution in [-0.4, -0.2) is 28.2 Å². The van der Waals surface area contributed by atoms with E-state index in [2.05, 4.69) is 0 Å². The van der Waals surface area contributed by atoms with Crippen LogP contribution in [0.1, 0.15) is 25.0 Å². The molecule has 0 bridgehead atoms. The highest BCUT2D eigenvalue weighted by atomic mass is 32.2. The van der Waals surface area contributed by atoms with Crippen LogP contribution in [0.25, 0.3) is 0 Å². The second-order valence-electron chi connectivity index (χ2n) is 7.02. The van der Waals surface area contributed by atoms with E-state index in [9.17, 15) is 13.0 Å². The molecule has 1 unspecified atom stereocenters. The summed E-state index contributed by atoms with van der Waals surface area (Å²) in [4.78, 5) is 0.185. The van der Waals surface area contributed by atoms with Gasteiger partial charge in [0.2, 0.25) is 0 Å². The maximum absolute atomic E-state index is 14.2. The second kappa shape index (κ2) is 7.75. The number of hydrogen-bond acceptors (Lipinski definition) is 3. The molecule has 0 amide bonds. The molecule has 2 aromatic rings. The lowest BCUT2D eigenvalue weighted by Gasteiger charge is -2.46. The van der Waals surface area contributed by atoms with E-state index >= 15 is 0 Å². The van der Waals surface area contributed by atoms with Crippen molar-refractivity contribution >= 4 is 11.0 Å². The van der Waals surface area contributed by atoms with Crippen LogP contribution in [0, 0.1) is 28.4 Å². The fourth-order valence-corrected chi connectivity index (χ4v) is 4.54. The maximum Gasteiger partial charge on any atom is 0.144 e. The van der Waals surface area contributed by atoms with Crippen LogP contribution in [-0.2, 0) is 17.4 Å². The van der Waals surface area contributed by atoms with E-state index in [-0.39, 0.29) is 15.9 Å². The Labute approximate surface area is 160 Å². The van der Waals surface area contributed by atoms with Gasteiger partial charge in [-0.25, -0.2) is 17.3 Å². The number of rotatable bonds is 6. The lowest BCUT2D eigenvalue weighted by atomic mass is 9.85. The molecule has 2 aromatic carbocycles. The first-order valence-corrected chi connectivity index (χ1v) is 9.73. The standard InChI is InChI=1S/C20H20F2N2O2S/c1-3-14-4-7-19(18(22)8-14)27(25)24-11-20(2,12-24)13-26-16-6-5-15(10-23)17(21)9-16/h4-9H,3,11-13H2,1-2H3. The largest absolute Gasteiger partial charge is 0.493 e. The Kier molecular flexibility index (Phi) is 5.59.